The largest absolute Gasteiger partial charge is 0.224 e. The summed E-state index contributed by atoms with van der Waals surface area (Å²) in [6.07, 6.45) is 0. The lowest BCUT2D eigenvalue weighted by atomic mass is 10.8. The number of sulfone groups is 2. The highest BCUT2D eigenvalue weighted by Gasteiger charge is 2.12. The number of hydrogen-bond acceptors (Lipinski definition) is 4. The maximum Gasteiger partial charge on any atom is 0.195 e. The number of hydrogen-bond donors (Lipinski definition) is 0. The van der Waals surface area contributed by atoms with Gasteiger partial charge in [-0.15, -0.1) is 0 Å². The topological polar surface area (TPSA) is 68.3 Å². The second-order valence-corrected chi connectivity index (χ2v) is 6.60. The fourth-order valence-corrected chi connectivity index (χ4v) is 2.45. The molecule has 0 aliphatic carbocycles. The van der Waals surface area contributed by atoms with Crippen LogP contribution in [0, 0.1) is 0 Å². The molecular weight excluding hydrogens is 212 g/mol. The fourth-order valence-electron chi connectivity index (χ4n) is 0.535. The van der Waals surface area contributed by atoms with E-state index in [9.17, 15) is 16.8 Å². The molecule has 0 aromatic heterocycles. The lowest BCUT2D eigenvalue weighted by molar-refractivity contribution is 0.602. The minimum Gasteiger partial charge on any atom is -0.224 e. The Labute approximate surface area is 78.8 Å². The van der Waals surface area contributed by atoms with E-state index in [1.807, 2.05) is 0 Å². The van der Waals surface area contributed by atoms with Crippen LogP contribution < -0.4 is 0 Å². The van der Waals surface area contributed by atoms with Gasteiger partial charge >= 0.3 is 0 Å². The maximum atomic E-state index is 11.0. The Morgan fingerprint density at radius 3 is 2.08 bits per heavy atom. The van der Waals surface area contributed by atoms with Gasteiger partial charge in [-0.1, -0.05) is 13.5 Å². The zero-order chi connectivity index (χ0) is 10.7. The van der Waals surface area contributed by atoms with E-state index in [2.05, 4.69) is 6.58 Å². The third kappa shape index (κ3) is 3.73. The van der Waals surface area contributed by atoms with Gasteiger partial charge in [0, 0.05) is 10.8 Å². The van der Waals surface area contributed by atoms with E-state index in [1.54, 1.807) is 0 Å². The highest BCUT2D eigenvalue weighted by Crippen LogP contribution is 2.09. The van der Waals surface area contributed by atoms with E-state index >= 15 is 0 Å². The van der Waals surface area contributed by atoms with Crippen LogP contribution in [0.2, 0.25) is 0 Å². The Morgan fingerprint density at radius 2 is 1.77 bits per heavy atom. The van der Waals surface area contributed by atoms with Crippen LogP contribution in [0.15, 0.2) is 22.3 Å². The minimum absolute atomic E-state index is 0.114. The molecule has 0 aromatic rings. The third-order valence-corrected chi connectivity index (χ3v) is 4.54. The Bertz CT molecular complexity index is 411. The van der Waals surface area contributed by atoms with Gasteiger partial charge in [-0.3, -0.25) is 0 Å². The first-order valence-electron chi connectivity index (χ1n) is 3.53. The molecule has 13 heavy (non-hydrogen) atoms. The first kappa shape index (κ1) is 12.4. The highest BCUT2D eigenvalue weighted by molar-refractivity contribution is 8.00. The molecule has 0 bridgehead atoms. The van der Waals surface area contributed by atoms with Crippen LogP contribution in [-0.2, 0) is 19.7 Å². The van der Waals surface area contributed by atoms with Crippen molar-refractivity contribution in [2.75, 3.05) is 5.75 Å². The average Bonchev–Trinajstić information content (AvgIpc) is 2.04. The van der Waals surface area contributed by atoms with Crippen LogP contribution in [0.5, 0.6) is 0 Å². The molecule has 0 aromatic carbocycles. The van der Waals surface area contributed by atoms with Crippen molar-refractivity contribution in [1.29, 1.82) is 0 Å². The summed E-state index contributed by atoms with van der Waals surface area (Å²) in [6, 6.07) is 0. The molecule has 0 heterocycles. The van der Waals surface area contributed by atoms with Crippen LogP contribution in [-0.4, -0.2) is 22.6 Å². The van der Waals surface area contributed by atoms with E-state index < -0.39 is 19.7 Å². The van der Waals surface area contributed by atoms with Crippen molar-refractivity contribution in [3.8, 4) is 0 Å². The minimum atomic E-state index is -3.60. The molecule has 0 aliphatic heterocycles. The normalized spacial score (nSPS) is 14.2. The zero-order valence-corrected chi connectivity index (χ0v) is 9.15. The number of allylic oxidation sites excluding steroid dienone is 1. The van der Waals surface area contributed by atoms with E-state index in [4.69, 9.17) is 0 Å². The van der Waals surface area contributed by atoms with Crippen molar-refractivity contribution in [2.45, 2.75) is 13.8 Å². The summed E-state index contributed by atoms with van der Waals surface area (Å²) in [5, 5.41) is 1.48. The lowest BCUT2D eigenvalue weighted by Crippen LogP contribution is -2.03. The van der Waals surface area contributed by atoms with E-state index in [-0.39, 0.29) is 10.7 Å². The van der Waals surface area contributed by atoms with Crippen LogP contribution in [0.25, 0.3) is 0 Å². The van der Waals surface area contributed by atoms with Crippen molar-refractivity contribution in [2.24, 2.45) is 0 Å². The van der Waals surface area contributed by atoms with Gasteiger partial charge in [-0.2, -0.15) is 0 Å². The first-order chi connectivity index (χ1) is 5.75. The quantitative estimate of drug-likeness (QED) is 0.709. The van der Waals surface area contributed by atoms with E-state index in [0.29, 0.717) is 0 Å². The van der Waals surface area contributed by atoms with Gasteiger partial charge in [0.25, 0.3) is 0 Å². The smallest absolute Gasteiger partial charge is 0.195 e. The first-order valence-corrected chi connectivity index (χ1v) is 6.80. The molecule has 0 N–H and O–H groups in total. The molecule has 0 saturated heterocycles. The van der Waals surface area contributed by atoms with Crippen molar-refractivity contribution in [3.63, 3.8) is 0 Å². The molecule has 0 rings (SSSR count). The average molecular weight is 224 g/mol. The fraction of sp³-hybridized carbons (Fsp3) is 0.429. The van der Waals surface area contributed by atoms with Gasteiger partial charge in [0.2, 0.25) is 0 Å². The van der Waals surface area contributed by atoms with Gasteiger partial charge in [0.15, 0.2) is 19.7 Å². The van der Waals surface area contributed by atoms with Crippen LogP contribution in [0.3, 0.4) is 0 Å². The maximum absolute atomic E-state index is 11.0. The Morgan fingerprint density at radius 1 is 1.31 bits per heavy atom. The second-order valence-electron chi connectivity index (χ2n) is 2.39. The Kier molecular flexibility index (Phi) is 3.87. The summed E-state index contributed by atoms with van der Waals surface area (Å²) in [5.74, 6) is -0.114. The lowest BCUT2D eigenvalue weighted by Gasteiger charge is -1.97. The summed E-state index contributed by atoms with van der Waals surface area (Å²) >= 11 is 0. The molecule has 0 radical (unpaired) electrons. The zero-order valence-electron chi connectivity index (χ0n) is 7.52. The standard InChI is InChI=1S/C7H12O4S2/c1-4-12(8,9)6-7(3)13(10,11)5-2/h5-6H,2,4H2,1,3H3. The molecule has 0 unspecified atom stereocenters. The van der Waals surface area contributed by atoms with Crippen molar-refractivity contribution < 1.29 is 16.8 Å². The van der Waals surface area contributed by atoms with Crippen LogP contribution >= 0.6 is 0 Å². The Hall–Kier alpha value is -0.620. The molecule has 0 saturated carbocycles. The monoisotopic (exact) mass is 224 g/mol. The molecule has 6 heteroatoms. The molecule has 0 spiro atoms. The number of rotatable bonds is 4. The summed E-state index contributed by atoms with van der Waals surface area (Å²) in [4.78, 5) is -0.204. The predicted molar refractivity (Wildman–Crippen MR) is 52.3 cm³/mol. The Balaban J connectivity index is 5.26. The third-order valence-electron chi connectivity index (χ3n) is 1.42. The van der Waals surface area contributed by atoms with Gasteiger partial charge in [-0.05, 0) is 6.92 Å². The van der Waals surface area contributed by atoms with E-state index in [0.717, 1.165) is 10.8 Å². The predicted octanol–water partition coefficient (Wildman–Crippen LogP) is 0.841. The van der Waals surface area contributed by atoms with Gasteiger partial charge in [0.05, 0.1) is 10.7 Å². The van der Waals surface area contributed by atoms with Gasteiger partial charge in [-0.25, -0.2) is 16.8 Å². The van der Waals surface area contributed by atoms with Crippen LogP contribution in [0.1, 0.15) is 13.8 Å². The van der Waals surface area contributed by atoms with Crippen LogP contribution in [0.4, 0.5) is 0 Å². The molecule has 76 valence electrons. The van der Waals surface area contributed by atoms with Crippen molar-refractivity contribution >= 4 is 19.7 Å². The molecule has 0 amide bonds. The van der Waals surface area contributed by atoms with Crippen molar-refractivity contribution in [1.82, 2.24) is 0 Å². The van der Waals surface area contributed by atoms with Crippen molar-refractivity contribution in [3.05, 3.63) is 22.3 Å². The van der Waals surface area contributed by atoms with Gasteiger partial charge < -0.3 is 0 Å². The molecule has 0 aliphatic rings. The summed E-state index contributed by atoms with van der Waals surface area (Å²) in [6.45, 7) is 5.76. The summed E-state index contributed by atoms with van der Waals surface area (Å²) < 4.78 is 44.1. The SMILES string of the molecule is C=CS(=O)(=O)C(C)=CS(=O)(=O)CC. The molecular formula is C7H12O4S2. The van der Waals surface area contributed by atoms with E-state index in [1.165, 1.54) is 13.8 Å². The highest BCUT2D eigenvalue weighted by atomic mass is 32.2. The summed E-state index contributed by atoms with van der Waals surface area (Å²) in [7, 11) is -7.00. The molecule has 0 atom stereocenters. The molecule has 4 nitrogen and oxygen atoms in total. The second kappa shape index (κ2) is 4.06. The van der Waals surface area contributed by atoms with Gasteiger partial charge in [0.1, 0.15) is 0 Å². The summed E-state index contributed by atoms with van der Waals surface area (Å²) in [5.41, 5.74) is 0. The molecule has 0 fully saturated rings.